The highest BCUT2D eigenvalue weighted by molar-refractivity contribution is 7.15. The first kappa shape index (κ1) is 16.4. The summed E-state index contributed by atoms with van der Waals surface area (Å²) in [5.41, 5.74) is 6.76. The van der Waals surface area contributed by atoms with Gasteiger partial charge in [-0.15, -0.1) is 22.6 Å². The molecule has 0 atom stereocenters. The predicted octanol–water partition coefficient (Wildman–Crippen LogP) is 2.99. The molecule has 7 heteroatoms. The van der Waals surface area contributed by atoms with Crippen molar-refractivity contribution in [3.05, 3.63) is 34.8 Å². The van der Waals surface area contributed by atoms with E-state index >= 15 is 0 Å². The molecule has 0 fully saturated rings. The van der Waals surface area contributed by atoms with Crippen LogP contribution in [0.1, 0.15) is 29.2 Å². The van der Waals surface area contributed by atoms with Crippen molar-refractivity contribution in [3.63, 3.8) is 0 Å². The monoisotopic (exact) mass is 312 g/mol. The molecule has 0 aliphatic rings. The molecule has 0 radical (unpaired) electrons. The predicted molar refractivity (Wildman–Crippen MR) is 84.5 cm³/mol. The van der Waals surface area contributed by atoms with Crippen molar-refractivity contribution in [2.45, 2.75) is 20.3 Å². The molecule has 1 aromatic heterocycles. The van der Waals surface area contributed by atoms with Crippen LogP contribution in [0.2, 0.25) is 0 Å². The van der Waals surface area contributed by atoms with Gasteiger partial charge in [0.2, 0.25) is 5.13 Å². The first-order valence-corrected chi connectivity index (χ1v) is 6.85. The summed E-state index contributed by atoms with van der Waals surface area (Å²) in [5, 5.41) is 12.2. The molecule has 3 N–H and O–H groups in total. The summed E-state index contributed by atoms with van der Waals surface area (Å²) in [6, 6.07) is 6.75. The number of nitrogens with zero attached hydrogens (tertiary/aromatic N) is 2. The molecule has 1 aromatic carbocycles. The van der Waals surface area contributed by atoms with E-state index in [1.54, 1.807) is 24.3 Å². The third-order valence-electron chi connectivity index (χ3n) is 2.44. The summed E-state index contributed by atoms with van der Waals surface area (Å²) in [5.74, 6) is 0.320. The van der Waals surface area contributed by atoms with Crippen LogP contribution in [0, 0.1) is 5.92 Å². The average molecular weight is 313 g/mol. The molecule has 0 saturated carbocycles. The van der Waals surface area contributed by atoms with Gasteiger partial charge in [0, 0.05) is 17.7 Å². The van der Waals surface area contributed by atoms with Crippen molar-refractivity contribution in [3.8, 4) is 0 Å². The minimum absolute atomic E-state index is 0. The number of anilines is 2. The molecule has 1 amide bonds. The second-order valence-electron chi connectivity index (χ2n) is 4.68. The molecule has 0 bridgehead atoms. The molecule has 0 aliphatic carbocycles. The van der Waals surface area contributed by atoms with Crippen LogP contribution in [-0.2, 0) is 6.42 Å². The number of amides is 1. The zero-order valence-electron chi connectivity index (χ0n) is 11.3. The van der Waals surface area contributed by atoms with Crippen molar-refractivity contribution in [1.82, 2.24) is 10.2 Å². The maximum absolute atomic E-state index is 11.9. The van der Waals surface area contributed by atoms with Crippen LogP contribution < -0.4 is 11.1 Å². The zero-order chi connectivity index (χ0) is 13.8. The molecule has 1 heterocycles. The van der Waals surface area contributed by atoms with Crippen LogP contribution in [0.5, 0.6) is 0 Å². The lowest BCUT2D eigenvalue weighted by atomic mass is 10.1. The van der Waals surface area contributed by atoms with Gasteiger partial charge in [-0.05, 0) is 30.2 Å². The zero-order valence-corrected chi connectivity index (χ0v) is 12.9. The van der Waals surface area contributed by atoms with E-state index in [0.717, 1.165) is 11.4 Å². The van der Waals surface area contributed by atoms with E-state index in [0.29, 0.717) is 22.3 Å². The number of nitrogens with one attached hydrogen (secondary N) is 1. The molecular weight excluding hydrogens is 296 g/mol. The Morgan fingerprint density at radius 2 is 1.95 bits per heavy atom. The van der Waals surface area contributed by atoms with Crippen molar-refractivity contribution in [2.24, 2.45) is 5.92 Å². The first-order chi connectivity index (χ1) is 9.04. The fraction of sp³-hybridized carbons (Fsp3) is 0.308. The van der Waals surface area contributed by atoms with Crippen LogP contribution in [0.15, 0.2) is 24.3 Å². The van der Waals surface area contributed by atoms with E-state index in [4.69, 9.17) is 5.73 Å². The van der Waals surface area contributed by atoms with E-state index in [2.05, 4.69) is 29.4 Å². The Bertz CT molecular complexity index is 568. The number of nitrogens with two attached hydrogens (primary N) is 1. The standard InChI is InChI=1S/C13H16N4OS.ClH/c1-8(2)7-11-16-17-13(19-11)15-12(18)9-3-5-10(14)6-4-9;/h3-6,8H,7,14H2,1-2H3,(H,15,17,18);1H. The van der Waals surface area contributed by atoms with Crippen molar-refractivity contribution >= 4 is 40.5 Å². The molecule has 2 aromatic rings. The van der Waals surface area contributed by atoms with Crippen molar-refractivity contribution in [2.75, 3.05) is 11.1 Å². The van der Waals surface area contributed by atoms with E-state index in [-0.39, 0.29) is 18.3 Å². The number of benzene rings is 1. The van der Waals surface area contributed by atoms with Crippen LogP contribution >= 0.6 is 23.7 Å². The Morgan fingerprint density at radius 1 is 1.30 bits per heavy atom. The van der Waals surface area contributed by atoms with Crippen molar-refractivity contribution in [1.29, 1.82) is 0 Å². The summed E-state index contributed by atoms with van der Waals surface area (Å²) < 4.78 is 0. The van der Waals surface area contributed by atoms with Crippen LogP contribution in [-0.4, -0.2) is 16.1 Å². The Hall–Kier alpha value is -1.66. The quantitative estimate of drug-likeness (QED) is 0.850. The second kappa shape index (κ2) is 7.21. The maximum atomic E-state index is 11.9. The molecule has 0 aliphatic heterocycles. The normalized spacial score (nSPS) is 10.2. The summed E-state index contributed by atoms with van der Waals surface area (Å²) in [6.07, 6.45) is 0.870. The number of aromatic nitrogens is 2. The third-order valence-corrected chi connectivity index (χ3v) is 3.30. The Balaban J connectivity index is 0.00000200. The summed E-state index contributed by atoms with van der Waals surface area (Å²) >= 11 is 1.41. The fourth-order valence-corrected chi connectivity index (χ4v) is 2.49. The number of rotatable bonds is 4. The number of carbonyl (C=O) groups excluding carboxylic acids is 1. The van der Waals surface area contributed by atoms with Gasteiger partial charge >= 0.3 is 0 Å². The molecule has 0 spiro atoms. The average Bonchev–Trinajstić information content (AvgIpc) is 2.76. The molecule has 0 saturated heterocycles. The fourth-order valence-electron chi connectivity index (χ4n) is 1.54. The summed E-state index contributed by atoms with van der Waals surface area (Å²) in [4.78, 5) is 11.9. The lowest BCUT2D eigenvalue weighted by molar-refractivity contribution is 0.102. The topological polar surface area (TPSA) is 80.9 Å². The van der Waals surface area contributed by atoms with Crippen LogP contribution in [0.4, 0.5) is 10.8 Å². The smallest absolute Gasteiger partial charge is 0.257 e. The van der Waals surface area contributed by atoms with Gasteiger partial charge in [-0.1, -0.05) is 25.2 Å². The van der Waals surface area contributed by atoms with E-state index in [1.165, 1.54) is 11.3 Å². The highest BCUT2D eigenvalue weighted by Gasteiger charge is 2.10. The first-order valence-electron chi connectivity index (χ1n) is 6.04. The van der Waals surface area contributed by atoms with Crippen molar-refractivity contribution < 1.29 is 4.79 Å². The summed E-state index contributed by atoms with van der Waals surface area (Å²) in [6.45, 7) is 4.24. The van der Waals surface area contributed by atoms with Gasteiger partial charge in [-0.25, -0.2) is 0 Å². The van der Waals surface area contributed by atoms with E-state index < -0.39 is 0 Å². The molecule has 108 valence electrons. The highest BCUT2D eigenvalue weighted by Crippen LogP contribution is 2.19. The molecule has 20 heavy (non-hydrogen) atoms. The molecule has 0 unspecified atom stereocenters. The molecule has 5 nitrogen and oxygen atoms in total. The SMILES string of the molecule is CC(C)Cc1nnc(NC(=O)c2ccc(N)cc2)s1.Cl. The van der Waals surface area contributed by atoms with Gasteiger partial charge < -0.3 is 5.73 Å². The number of halogens is 1. The molecule has 2 rings (SSSR count). The van der Waals surface area contributed by atoms with Gasteiger partial charge in [-0.3, -0.25) is 10.1 Å². The van der Waals surface area contributed by atoms with Crippen LogP contribution in [0.3, 0.4) is 0 Å². The van der Waals surface area contributed by atoms with Gasteiger partial charge in [0.15, 0.2) is 0 Å². The Kier molecular flexibility index (Phi) is 5.91. The number of hydrogen-bond donors (Lipinski definition) is 2. The Labute approximate surface area is 128 Å². The minimum Gasteiger partial charge on any atom is -0.399 e. The van der Waals surface area contributed by atoms with Gasteiger partial charge in [-0.2, -0.15) is 0 Å². The Morgan fingerprint density at radius 3 is 2.55 bits per heavy atom. The van der Waals surface area contributed by atoms with E-state index in [9.17, 15) is 4.79 Å². The van der Waals surface area contributed by atoms with Gasteiger partial charge in [0.25, 0.3) is 5.91 Å². The molecular formula is C13H17ClN4OS. The lowest BCUT2D eigenvalue weighted by Crippen LogP contribution is -2.11. The van der Waals surface area contributed by atoms with E-state index in [1.807, 2.05) is 0 Å². The van der Waals surface area contributed by atoms with Crippen LogP contribution in [0.25, 0.3) is 0 Å². The maximum Gasteiger partial charge on any atom is 0.257 e. The second-order valence-corrected chi connectivity index (χ2v) is 5.74. The number of carbonyl (C=O) groups is 1. The van der Waals surface area contributed by atoms with Gasteiger partial charge in [0.05, 0.1) is 0 Å². The number of nitrogen functional groups attached to an aromatic ring is 1. The van der Waals surface area contributed by atoms with Gasteiger partial charge in [0.1, 0.15) is 5.01 Å². The lowest BCUT2D eigenvalue weighted by Gasteiger charge is -2.01. The third kappa shape index (κ3) is 4.47. The number of hydrogen-bond acceptors (Lipinski definition) is 5. The summed E-state index contributed by atoms with van der Waals surface area (Å²) in [7, 11) is 0. The minimum atomic E-state index is -0.202. The highest BCUT2D eigenvalue weighted by atomic mass is 35.5. The largest absolute Gasteiger partial charge is 0.399 e.